The van der Waals surface area contributed by atoms with Crippen molar-refractivity contribution in [2.75, 3.05) is 7.05 Å². The number of hydrogen-bond acceptors (Lipinski definition) is 3. The van der Waals surface area contributed by atoms with Crippen molar-refractivity contribution in [2.24, 2.45) is 0 Å². The number of likely N-dealkylation sites (N-methyl/N-ethyl adjacent to an activating group) is 1. The number of halogens is 1. The Morgan fingerprint density at radius 1 is 1.38 bits per heavy atom. The molecule has 0 aliphatic heterocycles. The van der Waals surface area contributed by atoms with Crippen LogP contribution in [0.2, 0.25) is 0 Å². The van der Waals surface area contributed by atoms with Gasteiger partial charge in [0, 0.05) is 17.1 Å². The molecule has 84 valence electrons. The van der Waals surface area contributed by atoms with E-state index in [-0.39, 0.29) is 11.9 Å². The molecule has 1 atom stereocenters. The number of nitrogens with zero attached hydrogens (tertiary/aromatic N) is 1. The molecule has 1 aromatic carbocycles. The molecule has 1 aromatic heterocycles. The van der Waals surface area contributed by atoms with Gasteiger partial charge < -0.3 is 5.32 Å². The first-order valence-electron chi connectivity index (χ1n) is 5.09. The average Bonchev–Trinajstić information content (AvgIpc) is 2.82. The van der Waals surface area contributed by atoms with Gasteiger partial charge in [0.2, 0.25) is 0 Å². The molecule has 0 amide bonds. The fraction of sp³-hybridized carbons (Fsp3) is 0.250. The van der Waals surface area contributed by atoms with E-state index in [0.717, 1.165) is 12.0 Å². The predicted molar refractivity (Wildman–Crippen MR) is 64.0 cm³/mol. The quantitative estimate of drug-likeness (QED) is 0.883. The Bertz CT molecular complexity index is 425. The molecule has 0 spiro atoms. The maximum Gasteiger partial charge on any atom is 0.123 e. The Labute approximate surface area is 98.2 Å². The molecule has 0 aliphatic carbocycles. The van der Waals surface area contributed by atoms with Crippen LogP contribution in [0, 0.1) is 5.82 Å². The summed E-state index contributed by atoms with van der Waals surface area (Å²) in [5, 5.41) is 3.24. The van der Waals surface area contributed by atoms with Crippen LogP contribution in [0.15, 0.2) is 36.0 Å². The molecule has 0 fully saturated rings. The van der Waals surface area contributed by atoms with Crippen LogP contribution < -0.4 is 5.32 Å². The Morgan fingerprint density at radius 3 is 2.69 bits per heavy atom. The molecule has 0 aliphatic rings. The zero-order valence-electron chi connectivity index (χ0n) is 8.98. The monoisotopic (exact) mass is 236 g/mol. The smallest absolute Gasteiger partial charge is 0.123 e. The van der Waals surface area contributed by atoms with Crippen LogP contribution in [0.25, 0.3) is 0 Å². The van der Waals surface area contributed by atoms with Gasteiger partial charge in [-0.1, -0.05) is 12.1 Å². The zero-order valence-corrected chi connectivity index (χ0v) is 9.80. The van der Waals surface area contributed by atoms with Gasteiger partial charge in [0.15, 0.2) is 0 Å². The molecule has 2 rings (SSSR count). The van der Waals surface area contributed by atoms with Crippen LogP contribution in [-0.2, 0) is 6.42 Å². The van der Waals surface area contributed by atoms with Crippen LogP contribution >= 0.6 is 11.3 Å². The molecular formula is C12H13FN2S. The highest BCUT2D eigenvalue weighted by molar-refractivity contribution is 7.09. The lowest BCUT2D eigenvalue weighted by Crippen LogP contribution is -2.17. The average molecular weight is 236 g/mol. The lowest BCUT2D eigenvalue weighted by molar-refractivity contribution is 0.597. The van der Waals surface area contributed by atoms with E-state index < -0.39 is 0 Å². The molecule has 0 saturated carbocycles. The molecular weight excluding hydrogens is 223 g/mol. The summed E-state index contributed by atoms with van der Waals surface area (Å²) in [5.41, 5.74) is 2.94. The van der Waals surface area contributed by atoms with Crippen LogP contribution in [0.4, 0.5) is 4.39 Å². The largest absolute Gasteiger partial charge is 0.312 e. The number of hydrogen-bond donors (Lipinski definition) is 1. The molecule has 0 radical (unpaired) electrons. The van der Waals surface area contributed by atoms with Crippen molar-refractivity contribution in [3.05, 3.63) is 52.2 Å². The number of thiazole rings is 1. The number of rotatable bonds is 4. The number of nitrogens with one attached hydrogen (secondary N) is 1. The first-order chi connectivity index (χ1) is 7.79. The third kappa shape index (κ3) is 2.65. The summed E-state index contributed by atoms with van der Waals surface area (Å²) in [6, 6.07) is 6.88. The fourth-order valence-electron chi connectivity index (χ4n) is 1.60. The van der Waals surface area contributed by atoms with Crippen molar-refractivity contribution in [2.45, 2.75) is 12.5 Å². The highest BCUT2D eigenvalue weighted by Crippen LogP contribution is 2.21. The van der Waals surface area contributed by atoms with Crippen LogP contribution in [-0.4, -0.2) is 12.0 Å². The SMILES string of the molecule is CNC(Cc1ccc(F)cc1)c1cncs1. The zero-order chi connectivity index (χ0) is 11.4. The van der Waals surface area contributed by atoms with Crippen molar-refractivity contribution in [3.63, 3.8) is 0 Å². The topological polar surface area (TPSA) is 24.9 Å². The molecule has 0 saturated heterocycles. The van der Waals surface area contributed by atoms with E-state index in [1.165, 1.54) is 17.0 Å². The van der Waals surface area contributed by atoms with E-state index >= 15 is 0 Å². The molecule has 2 nitrogen and oxygen atoms in total. The van der Waals surface area contributed by atoms with Gasteiger partial charge in [-0.15, -0.1) is 11.3 Å². The second-order valence-electron chi connectivity index (χ2n) is 3.58. The van der Waals surface area contributed by atoms with Gasteiger partial charge in [0.05, 0.1) is 5.51 Å². The summed E-state index contributed by atoms with van der Waals surface area (Å²) in [4.78, 5) is 5.27. The summed E-state index contributed by atoms with van der Waals surface area (Å²) in [6.45, 7) is 0. The van der Waals surface area contributed by atoms with E-state index in [0.29, 0.717) is 0 Å². The van der Waals surface area contributed by atoms with Gasteiger partial charge in [-0.3, -0.25) is 4.98 Å². The molecule has 1 heterocycles. The van der Waals surface area contributed by atoms with Gasteiger partial charge in [-0.2, -0.15) is 0 Å². The van der Waals surface area contributed by atoms with Gasteiger partial charge in [-0.25, -0.2) is 4.39 Å². The van der Waals surface area contributed by atoms with E-state index in [1.54, 1.807) is 11.3 Å². The van der Waals surface area contributed by atoms with Crippen molar-refractivity contribution in [1.82, 2.24) is 10.3 Å². The van der Waals surface area contributed by atoms with Crippen LogP contribution in [0.3, 0.4) is 0 Å². The van der Waals surface area contributed by atoms with Crippen molar-refractivity contribution >= 4 is 11.3 Å². The first kappa shape index (κ1) is 11.2. The van der Waals surface area contributed by atoms with Crippen molar-refractivity contribution < 1.29 is 4.39 Å². The van der Waals surface area contributed by atoms with Crippen molar-refractivity contribution in [3.8, 4) is 0 Å². The van der Waals surface area contributed by atoms with Gasteiger partial charge in [-0.05, 0) is 31.2 Å². The number of benzene rings is 1. The van der Waals surface area contributed by atoms with Gasteiger partial charge >= 0.3 is 0 Å². The molecule has 1 unspecified atom stereocenters. The van der Waals surface area contributed by atoms with Crippen LogP contribution in [0.1, 0.15) is 16.5 Å². The molecule has 2 aromatic rings. The third-order valence-corrected chi connectivity index (χ3v) is 3.39. The van der Waals surface area contributed by atoms with Gasteiger partial charge in [0.1, 0.15) is 5.82 Å². The normalized spacial score (nSPS) is 12.6. The summed E-state index contributed by atoms with van der Waals surface area (Å²) >= 11 is 1.63. The number of aromatic nitrogens is 1. The Kier molecular flexibility index (Phi) is 3.64. The Balaban J connectivity index is 2.10. The van der Waals surface area contributed by atoms with Crippen molar-refractivity contribution in [1.29, 1.82) is 0 Å². The molecule has 4 heteroatoms. The third-order valence-electron chi connectivity index (χ3n) is 2.50. The minimum Gasteiger partial charge on any atom is -0.312 e. The van der Waals surface area contributed by atoms with Gasteiger partial charge in [0.25, 0.3) is 0 Å². The summed E-state index contributed by atoms with van der Waals surface area (Å²) < 4.78 is 12.8. The van der Waals surface area contributed by atoms with E-state index in [2.05, 4.69) is 10.3 Å². The predicted octanol–water partition coefficient (Wildman–Crippen LogP) is 2.79. The molecule has 0 bridgehead atoms. The molecule has 1 N–H and O–H groups in total. The highest BCUT2D eigenvalue weighted by Gasteiger charge is 2.11. The lowest BCUT2D eigenvalue weighted by atomic mass is 10.1. The minimum atomic E-state index is -0.192. The fourth-order valence-corrected chi connectivity index (χ4v) is 2.33. The second kappa shape index (κ2) is 5.18. The van der Waals surface area contributed by atoms with E-state index in [4.69, 9.17) is 0 Å². The summed E-state index contributed by atoms with van der Waals surface area (Å²) in [5.74, 6) is -0.192. The maximum atomic E-state index is 12.8. The first-order valence-corrected chi connectivity index (χ1v) is 5.97. The molecule has 16 heavy (non-hydrogen) atoms. The summed E-state index contributed by atoms with van der Waals surface area (Å²) in [6.07, 6.45) is 2.72. The Hall–Kier alpha value is -1.26. The minimum absolute atomic E-state index is 0.192. The standard InChI is InChI=1S/C12H13FN2S/c1-14-11(12-7-15-8-16-12)6-9-2-4-10(13)5-3-9/h2-5,7-8,11,14H,6H2,1H3. The second-order valence-corrected chi connectivity index (χ2v) is 4.49. The van der Waals surface area contributed by atoms with E-state index in [9.17, 15) is 4.39 Å². The lowest BCUT2D eigenvalue weighted by Gasteiger charge is -2.13. The highest BCUT2D eigenvalue weighted by atomic mass is 32.1. The summed E-state index contributed by atoms with van der Waals surface area (Å²) in [7, 11) is 1.92. The van der Waals surface area contributed by atoms with E-state index in [1.807, 2.05) is 30.9 Å². The maximum absolute atomic E-state index is 12.8. The van der Waals surface area contributed by atoms with Crippen LogP contribution in [0.5, 0.6) is 0 Å². The Morgan fingerprint density at radius 2 is 2.12 bits per heavy atom.